The molecule has 3 aromatic rings. The van der Waals surface area contributed by atoms with Gasteiger partial charge in [-0.1, -0.05) is 17.7 Å². The minimum absolute atomic E-state index is 0.00359. The minimum atomic E-state index is -0.596. The smallest absolute Gasteiger partial charge is 0.373 e. The molecule has 0 fully saturated rings. The van der Waals surface area contributed by atoms with Gasteiger partial charge in [-0.15, -0.1) is 0 Å². The molecule has 1 heterocycles. The molecule has 0 aliphatic rings. The van der Waals surface area contributed by atoms with Crippen molar-refractivity contribution in [3.05, 3.63) is 69.5 Å². The number of ether oxygens (including phenoxy) is 2. The first-order chi connectivity index (χ1) is 13.0. The maximum atomic E-state index is 11.6. The van der Waals surface area contributed by atoms with Gasteiger partial charge in [0.25, 0.3) is 0 Å². The predicted molar refractivity (Wildman–Crippen MR) is 101 cm³/mol. The van der Waals surface area contributed by atoms with Gasteiger partial charge in [0, 0.05) is 10.7 Å². The third-order valence-electron chi connectivity index (χ3n) is 3.77. The van der Waals surface area contributed by atoms with Gasteiger partial charge in [-0.25, -0.2) is 4.98 Å². The number of rotatable bonds is 6. The minimum Gasteiger partial charge on any atom is -0.497 e. The average molecular weight is 387 g/mol. The Labute approximate surface area is 159 Å². The van der Waals surface area contributed by atoms with E-state index in [-0.39, 0.29) is 17.4 Å². The second-order valence-electron chi connectivity index (χ2n) is 5.45. The van der Waals surface area contributed by atoms with Crippen molar-refractivity contribution in [1.82, 2.24) is 9.97 Å². The summed E-state index contributed by atoms with van der Waals surface area (Å²) in [6, 6.07) is 11.8. The van der Waals surface area contributed by atoms with E-state index in [4.69, 9.17) is 21.1 Å². The van der Waals surface area contributed by atoms with Gasteiger partial charge in [0.1, 0.15) is 17.8 Å². The molecule has 9 heteroatoms. The average Bonchev–Trinajstić information content (AvgIpc) is 2.66. The summed E-state index contributed by atoms with van der Waals surface area (Å²) in [6.45, 7) is 1.80. The second kappa shape index (κ2) is 7.88. The van der Waals surface area contributed by atoms with E-state index in [2.05, 4.69) is 15.3 Å². The van der Waals surface area contributed by atoms with Crippen molar-refractivity contribution in [3.63, 3.8) is 0 Å². The van der Waals surface area contributed by atoms with Crippen molar-refractivity contribution in [2.24, 2.45) is 0 Å². The molecule has 0 radical (unpaired) electrons. The Morgan fingerprint density at radius 1 is 1.11 bits per heavy atom. The lowest BCUT2D eigenvalue weighted by Gasteiger charge is -2.11. The first-order valence-electron chi connectivity index (χ1n) is 7.83. The van der Waals surface area contributed by atoms with Crippen LogP contribution in [-0.2, 0) is 0 Å². The van der Waals surface area contributed by atoms with Crippen LogP contribution >= 0.6 is 11.6 Å². The Hall–Kier alpha value is -3.39. The Balaban J connectivity index is 1.97. The summed E-state index contributed by atoms with van der Waals surface area (Å²) in [5.41, 5.74) is 0.956. The number of benzene rings is 2. The highest BCUT2D eigenvalue weighted by atomic mass is 35.5. The van der Waals surface area contributed by atoms with Crippen LogP contribution in [0.3, 0.4) is 0 Å². The quantitative estimate of drug-likeness (QED) is 0.475. The summed E-state index contributed by atoms with van der Waals surface area (Å²) in [6.07, 6.45) is 1.19. The lowest BCUT2D eigenvalue weighted by atomic mass is 10.2. The first kappa shape index (κ1) is 18.4. The van der Waals surface area contributed by atoms with Crippen LogP contribution in [0.2, 0.25) is 5.02 Å². The molecule has 0 unspecified atom stereocenters. The molecule has 3 rings (SSSR count). The fraction of sp³-hybridized carbons (Fsp3) is 0.111. The predicted octanol–water partition coefficient (Wildman–Crippen LogP) is 4.89. The van der Waals surface area contributed by atoms with Gasteiger partial charge >= 0.3 is 11.6 Å². The van der Waals surface area contributed by atoms with Crippen molar-refractivity contribution in [2.75, 3.05) is 12.4 Å². The van der Waals surface area contributed by atoms with E-state index in [0.29, 0.717) is 22.2 Å². The number of nitrogens with zero attached hydrogens (tertiary/aromatic N) is 3. The van der Waals surface area contributed by atoms with Crippen molar-refractivity contribution in [3.8, 4) is 17.4 Å². The molecule has 0 spiro atoms. The molecular weight excluding hydrogens is 372 g/mol. The molecule has 2 aromatic carbocycles. The molecule has 138 valence electrons. The summed E-state index contributed by atoms with van der Waals surface area (Å²) in [5, 5.41) is 15.1. The zero-order valence-corrected chi connectivity index (χ0v) is 15.2. The largest absolute Gasteiger partial charge is 0.497 e. The van der Waals surface area contributed by atoms with Crippen LogP contribution in [0.15, 0.2) is 48.8 Å². The molecular formula is C18H15ClN4O4. The standard InChI is InChI=1S/C18H15ClN4O4/c1-11-14(19)4-3-5-15(11)22-17-16(23(24)25)18(21-10-20-17)27-13-8-6-12(26-2)7-9-13/h3-10H,1-2H3,(H,20,21,22). The van der Waals surface area contributed by atoms with Gasteiger partial charge in [0.05, 0.1) is 12.0 Å². The van der Waals surface area contributed by atoms with Gasteiger partial charge < -0.3 is 14.8 Å². The highest BCUT2D eigenvalue weighted by Gasteiger charge is 2.25. The molecule has 0 saturated carbocycles. The summed E-state index contributed by atoms with van der Waals surface area (Å²) in [5.74, 6) is 0.840. The Morgan fingerprint density at radius 3 is 2.48 bits per heavy atom. The summed E-state index contributed by atoms with van der Waals surface area (Å²) in [4.78, 5) is 18.9. The van der Waals surface area contributed by atoms with E-state index in [1.54, 1.807) is 56.5 Å². The maximum Gasteiger partial charge on any atom is 0.373 e. The number of aromatic nitrogens is 2. The van der Waals surface area contributed by atoms with E-state index in [9.17, 15) is 10.1 Å². The number of anilines is 2. The van der Waals surface area contributed by atoms with Crippen molar-refractivity contribution >= 4 is 28.8 Å². The number of methoxy groups -OCH3 is 1. The zero-order valence-electron chi connectivity index (χ0n) is 14.5. The van der Waals surface area contributed by atoms with E-state index >= 15 is 0 Å². The Morgan fingerprint density at radius 2 is 1.81 bits per heavy atom. The lowest BCUT2D eigenvalue weighted by Crippen LogP contribution is -2.04. The van der Waals surface area contributed by atoms with Gasteiger partial charge in [-0.2, -0.15) is 4.98 Å². The molecule has 0 aliphatic carbocycles. The molecule has 27 heavy (non-hydrogen) atoms. The van der Waals surface area contributed by atoms with Crippen molar-refractivity contribution < 1.29 is 14.4 Å². The number of hydrogen-bond acceptors (Lipinski definition) is 7. The van der Waals surface area contributed by atoms with Gasteiger partial charge in [0.15, 0.2) is 0 Å². The molecule has 1 aromatic heterocycles. The van der Waals surface area contributed by atoms with Crippen LogP contribution in [0.1, 0.15) is 5.56 Å². The second-order valence-corrected chi connectivity index (χ2v) is 5.86. The highest BCUT2D eigenvalue weighted by Crippen LogP contribution is 2.36. The molecule has 0 amide bonds. The fourth-order valence-electron chi connectivity index (χ4n) is 2.32. The van der Waals surface area contributed by atoms with E-state index < -0.39 is 4.92 Å². The Kier molecular flexibility index (Phi) is 5.37. The van der Waals surface area contributed by atoms with E-state index in [1.807, 2.05) is 0 Å². The van der Waals surface area contributed by atoms with Crippen LogP contribution < -0.4 is 14.8 Å². The molecule has 0 atom stereocenters. The van der Waals surface area contributed by atoms with Crippen molar-refractivity contribution in [1.29, 1.82) is 0 Å². The number of halogens is 1. The van der Waals surface area contributed by atoms with Crippen LogP contribution in [0.5, 0.6) is 17.4 Å². The topological polar surface area (TPSA) is 99.4 Å². The maximum absolute atomic E-state index is 11.6. The molecule has 1 N–H and O–H groups in total. The lowest BCUT2D eigenvalue weighted by molar-refractivity contribution is -0.385. The van der Waals surface area contributed by atoms with Crippen LogP contribution in [-0.4, -0.2) is 22.0 Å². The van der Waals surface area contributed by atoms with Crippen LogP contribution in [0.4, 0.5) is 17.2 Å². The monoisotopic (exact) mass is 386 g/mol. The summed E-state index contributed by atoms with van der Waals surface area (Å²) < 4.78 is 10.7. The first-order valence-corrected chi connectivity index (χ1v) is 8.21. The molecule has 0 bridgehead atoms. The number of hydrogen-bond donors (Lipinski definition) is 1. The van der Waals surface area contributed by atoms with Gasteiger partial charge in [0.2, 0.25) is 5.82 Å². The SMILES string of the molecule is COc1ccc(Oc2ncnc(Nc3cccc(Cl)c3C)c2[N+](=O)[O-])cc1. The van der Waals surface area contributed by atoms with E-state index in [1.165, 1.54) is 6.33 Å². The normalized spacial score (nSPS) is 10.3. The van der Waals surface area contributed by atoms with Gasteiger partial charge in [-0.05, 0) is 48.9 Å². The van der Waals surface area contributed by atoms with Gasteiger partial charge in [-0.3, -0.25) is 10.1 Å². The molecule has 0 saturated heterocycles. The van der Waals surface area contributed by atoms with Crippen LogP contribution in [0, 0.1) is 17.0 Å². The highest BCUT2D eigenvalue weighted by molar-refractivity contribution is 6.31. The molecule has 8 nitrogen and oxygen atoms in total. The third-order valence-corrected chi connectivity index (χ3v) is 4.18. The Bertz CT molecular complexity index is 980. The third kappa shape index (κ3) is 4.06. The van der Waals surface area contributed by atoms with Crippen LogP contribution in [0.25, 0.3) is 0 Å². The number of nitro groups is 1. The fourth-order valence-corrected chi connectivity index (χ4v) is 2.49. The zero-order chi connectivity index (χ0) is 19.4. The number of nitrogens with one attached hydrogen (secondary N) is 1. The van der Waals surface area contributed by atoms with Crippen molar-refractivity contribution in [2.45, 2.75) is 6.92 Å². The van der Waals surface area contributed by atoms with E-state index in [0.717, 1.165) is 5.56 Å². The summed E-state index contributed by atoms with van der Waals surface area (Å²) in [7, 11) is 1.54. The summed E-state index contributed by atoms with van der Waals surface area (Å²) >= 11 is 6.10. The molecule has 0 aliphatic heterocycles.